The molecule has 0 amide bonds. The third-order valence-corrected chi connectivity index (χ3v) is 4.41. The zero-order valence-corrected chi connectivity index (χ0v) is 10.4. The van der Waals surface area contributed by atoms with E-state index in [9.17, 15) is 0 Å². The van der Waals surface area contributed by atoms with Gasteiger partial charge in [-0.15, -0.1) is 0 Å². The summed E-state index contributed by atoms with van der Waals surface area (Å²) in [6, 6.07) is 1.01. The largest absolute Gasteiger partial charge is 0.337 e. The van der Waals surface area contributed by atoms with E-state index >= 15 is 0 Å². The van der Waals surface area contributed by atoms with E-state index in [0.29, 0.717) is 0 Å². The third kappa shape index (κ3) is 3.46. The summed E-state index contributed by atoms with van der Waals surface area (Å²) in [5.74, 6) is 0. The summed E-state index contributed by atoms with van der Waals surface area (Å²) in [6.07, 6.45) is 10.4. The van der Waals surface area contributed by atoms with Gasteiger partial charge in [0.05, 0.1) is 39.3 Å². The fourth-order valence-electron chi connectivity index (χ4n) is 3.29. The lowest BCUT2D eigenvalue weighted by Gasteiger charge is -2.34. The molecule has 0 aromatic heterocycles. The molecule has 0 spiro atoms. The van der Waals surface area contributed by atoms with Gasteiger partial charge in [0.2, 0.25) is 0 Å². The van der Waals surface area contributed by atoms with Gasteiger partial charge < -0.3 is 9.80 Å². The molecule has 0 bridgehead atoms. The summed E-state index contributed by atoms with van der Waals surface area (Å²) in [6.45, 7) is 5.75. The predicted molar refractivity (Wildman–Crippen MR) is 63.4 cm³/mol. The molecule has 0 aliphatic carbocycles. The Bertz CT molecular complexity index is 165. The Kier molecular flexibility index (Phi) is 4.45. The van der Waals surface area contributed by atoms with Gasteiger partial charge in [0.15, 0.2) is 0 Å². The quantitative estimate of drug-likeness (QED) is 0.581. The van der Waals surface area contributed by atoms with Crippen LogP contribution >= 0.6 is 0 Å². The minimum Gasteiger partial charge on any atom is -0.337 e. The molecular weight excluding hydrogens is 184 g/mol. The van der Waals surface area contributed by atoms with Gasteiger partial charge in [-0.2, -0.15) is 0 Å². The highest BCUT2D eigenvalue weighted by Gasteiger charge is 2.28. The van der Waals surface area contributed by atoms with Crippen molar-refractivity contribution in [2.75, 3.05) is 33.2 Å². The topological polar surface area (TPSA) is 8.88 Å². The third-order valence-electron chi connectivity index (χ3n) is 4.41. The van der Waals surface area contributed by atoms with E-state index in [2.05, 4.69) is 7.05 Å². The minimum absolute atomic E-state index is 1.01. The van der Waals surface area contributed by atoms with Crippen LogP contribution in [0.25, 0.3) is 0 Å². The van der Waals surface area contributed by atoms with Crippen LogP contribution in [-0.4, -0.2) is 39.3 Å². The van der Waals surface area contributed by atoms with Crippen molar-refractivity contribution in [2.45, 2.75) is 51.0 Å². The highest BCUT2D eigenvalue weighted by atomic mass is 15.2. The average Bonchev–Trinajstić information content (AvgIpc) is 2.19. The van der Waals surface area contributed by atoms with Crippen LogP contribution in [0.4, 0.5) is 0 Å². The van der Waals surface area contributed by atoms with Crippen LogP contribution in [0.15, 0.2) is 0 Å². The lowest BCUT2D eigenvalue weighted by Crippen LogP contribution is -3.19. The standard InChI is InChI=1S/C13H26N2/c1-14-11-7-13(8-12-14)15-9-5-3-2-4-6-10-15/h13H,2-12H2,1H3/p+2. The van der Waals surface area contributed by atoms with Crippen molar-refractivity contribution in [1.82, 2.24) is 0 Å². The zero-order valence-electron chi connectivity index (χ0n) is 10.4. The first kappa shape index (κ1) is 11.4. The molecule has 0 aromatic rings. The Hall–Kier alpha value is -0.0800. The maximum atomic E-state index is 2.35. The summed E-state index contributed by atoms with van der Waals surface area (Å²) in [4.78, 5) is 3.69. The van der Waals surface area contributed by atoms with Crippen LogP contribution in [0.1, 0.15) is 44.9 Å². The van der Waals surface area contributed by atoms with Crippen LogP contribution in [0.2, 0.25) is 0 Å². The van der Waals surface area contributed by atoms with E-state index in [1.165, 1.54) is 71.1 Å². The number of hydrogen-bond acceptors (Lipinski definition) is 0. The van der Waals surface area contributed by atoms with Crippen molar-refractivity contribution < 1.29 is 9.80 Å². The van der Waals surface area contributed by atoms with Gasteiger partial charge in [0.25, 0.3) is 0 Å². The molecule has 2 aliphatic rings. The van der Waals surface area contributed by atoms with Gasteiger partial charge >= 0.3 is 0 Å². The first-order chi connectivity index (χ1) is 7.36. The molecule has 2 fully saturated rings. The Labute approximate surface area is 94.6 Å². The molecule has 2 rings (SSSR count). The molecule has 2 aliphatic heterocycles. The second-order valence-corrected chi connectivity index (χ2v) is 5.66. The summed E-state index contributed by atoms with van der Waals surface area (Å²) in [7, 11) is 2.35. The molecule has 2 saturated heterocycles. The van der Waals surface area contributed by atoms with Crippen molar-refractivity contribution in [3.8, 4) is 0 Å². The van der Waals surface area contributed by atoms with Gasteiger partial charge in [0.1, 0.15) is 0 Å². The number of likely N-dealkylation sites (tertiary alicyclic amines) is 2. The Morgan fingerprint density at radius 2 is 1.27 bits per heavy atom. The normalized spacial score (nSPS) is 35.8. The molecule has 2 nitrogen and oxygen atoms in total. The molecule has 15 heavy (non-hydrogen) atoms. The van der Waals surface area contributed by atoms with E-state index in [-0.39, 0.29) is 0 Å². The summed E-state index contributed by atoms with van der Waals surface area (Å²) in [5, 5.41) is 0. The maximum absolute atomic E-state index is 2.35. The van der Waals surface area contributed by atoms with E-state index < -0.39 is 0 Å². The van der Waals surface area contributed by atoms with Crippen molar-refractivity contribution in [3.05, 3.63) is 0 Å². The second-order valence-electron chi connectivity index (χ2n) is 5.66. The van der Waals surface area contributed by atoms with Crippen LogP contribution in [0.5, 0.6) is 0 Å². The van der Waals surface area contributed by atoms with Crippen LogP contribution < -0.4 is 9.80 Å². The lowest BCUT2D eigenvalue weighted by molar-refractivity contribution is -0.952. The average molecular weight is 212 g/mol. The fraction of sp³-hybridized carbons (Fsp3) is 1.00. The molecule has 88 valence electrons. The second kappa shape index (κ2) is 5.86. The molecule has 2 heteroatoms. The van der Waals surface area contributed by atoms with Gasteiger partial charge in [0, 0.05) is 12.8 Å². The van der Waals surface area contributed by atoms with Crippen LogP contribution in [0.3, 0.4) is 0 Å². The van der Waals surface area contributed by atoms with Crippen molar-refractivity contribution in [1.29, 1.82) is 0 Å². The number of nitrogens with one attached hydrogen (secondary N) is 2. The number of rotatable bonds is 1. The summed E-state index contributed by atoms with van der Waals surface area (Å²) >= 11 is 0. The summed E-state index contributed by atoms with van der Waals surface area (Å²) < 4.78 is 0. The number of quaternary nitrogens is 2. The number of hydrogen-bond donors (Lipinski definition) is 2. The smallest absolute Gasteiger partial charge is 0.0983 e. The SMILES string of the molecule is C[NH+]1CCC([NH+]2CCCCCCC2)CC1. The van der Waals surface area contributed by atoms with E-state index in [1.54, 1.807) is 4.90 Å². The van der Waals surface area contributed by atoms with Crippen molar-refractivity contribution >= 4 is 0 Å². The van der Waals surface area contributed by atoms with Crippen molar-refractivity contribution in [2.24, 2.45) is 0 Å². The maximum Gasteiger partial charge on any atom is 0.0983 e. The first-order valence-electron chi connectivity index (χ1n) is 7.02. The lowest BCUT2D eigenvalue weighted by atomic mass is 10.0. The molecule has 0 radical (unpaired) electrons. The van der Waals surface area contributed by atoms with E-state index in [0.717, 1.165) is 6.04 Å². The van der Waals surface area contributed by atoms with Gasteiger partial charge in [-0.3, -0.25) is 0 Å². The van der Waals surface area contributed by atoms with Gasteiger partial charge in [-0.05, 0) is 25.7 Å². The predicted octanol–water partition coefficient (Wildman–Crippen LogP) is -0.487. The molecule has 0 aromatic carbocycles. The summed E-state index contributed by atoms with van der Waals surface area (Å²) in [5.41, 5.74) is 0. The molecule has 0 atom stereocenters. The van der Waals surface area contributed by atoms with Crippen LogP contribution in [0, 0.1) is 0 Å². The molecular formula is C13H28N2+2. The monoisotopic (exact) mass is 212 g/mol. The minimum atomic E-state index is 1.01. The van der Waals surface area contributed by atoms with Crippen molar-refractivity contribution in [3.63, 3.8) is 0 Å². The Morgan fingerprint density at radius 1 is 0.733 bits per heavy atom. The zero-order chi connectivity index (χ0) is 10.5. The molecule has 2 heterocycles. The Balaban J connectivity index is 1.79. The van der Waals surface area contributed by atoms with Gasteiger partial charge in [-0.25, -0.2) is 0 Å². The molecule has 2 N–H and O–H groups in total. The fourth-order valence-corrected chi connectivity index (χ4v) is 3.29. The molecule has 0 unspecified atom stereocenters. The van der Waals surface area contributed by atoms with Crippen LogP contribution in [-0.2, 0) is 0 Å². The molecule has 0 saturated carbocycles. The number of piperidine rings is 1. The highest BCUT2D eigenvalue weighted by Crippen LogP contribution is 2.04. The van der Waals surface area contributed by atoms with E-state index in [4.69, 9.17) is 0 Å². The Morgan fingerprint density at radius 3 is 1.87 bits per heavy atom. The van der Waals surface area contributed by atoms with E-state index in [1.807, 2.05) is 4.90 Å². The first-order valence-corrected chi connectivity index (χ1v) is 7.02. The van der Waals surface area contributed by atoms with Gasteiger partial charge in [-0.1, -0.05) is 6.42 Å². The highest BCUT2D eigenvalue weighted by molar-refractivity contribution is 4.60.